The first-order chi connectivity index (χ1) is 17.2. The number of pyridine rings is 1. The van der Waals surface area contributed by atoms with Crippen LogP contribution < -0.4 is 5.32 Å². The Balaban J connectivity index is 1.50. The molecule has 192 valence electrons. The highest BCUT2D eigenvalue weighted by atomic mass is 19.1. The van der Waals surface area contributed by atoms with Gasteiger partial charge in [0.1, 0.15) is 5.82 Å². The third-order valence-electron chi connectivity index (χ3n) is 8.42. The average molecular weight is 492 g/mol. The van der Waals surface area contributed by atoms with Gasteiger partial charge in [-0.25, -0.2) is 4.39 Å². The molecule has 36 heavy (non-hydrogen) atoms. The van der Waals surface area contributed by atoms with Crippen molar-refractivity contribution in [3.05, 3.63) is 59.3 Å². The van der Waals surface area contributed by atoms with Crippen LogP contribution in [0.2, 0.25) is 0 Å². The Morgan fingerprint density at radius 2 is 2.03 bits per heavy atom. The molecule has 0 aliphatic carbocycles. The molecule has 0 unspecified atom stereocenters. The Labute approximate surface area is 213 Å². The maximum atomic E-state index is 14.3. The highest BCUT2D eigenvalue weighted by molar-refractivity contribution is 5.99. The number of carbonyl (C=O) groups is 1. The van der Waals surface area contributed by atoms with Gasteiger partial charge < -0.3 is 14.8 Å². The minimum absolute atomic E-state index is 0.0120. The molecule has 4 heterocycles. The van der Waals surface area contributed by atoms with Gasteiger partial charge in [-0.2, -0.15) is 0 Å². The number of carbonyl (C=O) groups excluding carboxylic acids is 1. The molecule has 1 aromatic carbocycles. The lowest BCUT2D eigenvalue weighted by Gasteiger charge is -2.38. The van der Waals surface area contributed by atoms with E-state index >= 15 is 0 Å². The molecule has 2 aliphatic heterocycles. The number of fused-ring (bicyclic) bond motifs is 1. The van der Waals surface area contributed by atoms with Crippen LogP contribution in [-0.2, 0) is 6.42 Å². The summed E-state index contributed by atoms with van der Waals surface area (Å²) in [6.45, 7) is 12.9. The van der Waals surface area contributed by atoms with Crippen molar-refractivity contribution in [1.29, 1.82) is 0 Å². The van der Waals surface area contributed by atoms with Crippen molar-refractivity contribution < 1.29 is 9.18 Å². The van der Waals surface area contributed by atoms with Crippen molar-refractivity contribution in [1.82, 2.24) is 24.7 Å². The molecule has 0 spiro atoms. The number of halogens is 1. The second-order valence-corrected chi connectivity index (χ2v) is 11.1. The molecule has 1 N–H and O–H groups in total. The van der Waals surface area contributed by atoms with Crippen molar-refractivity contribution >= 4 is 16.8 Å². The molecule has 0 saturated carbocycles. The SMILES string of the molecule is Cc1cncc2c1c(C[C@@H]1CCN([C@H](C)C3CNC3)C1)cn2-c1ccc(F)cc1C(=O)N(C)C(C)C. The zero-order valence-electron chi connectivity index (χ0n) is 22.1. The summed E-state index contributed by atoms with van der Waals surface area (Å²) in [6.07, 6.45) is 8.10. The summed E-state index contributed by atoms with van der Waals surface area (Å²) in [4.78, 5) is 22.1. The van der Waals surface area contributed by atoms with E-state index in [1.54, 1.807) is 18.0 Å². The normalized spacial score (nSPS) is 19.7. The molecule has 1 amide bonds. The maximum Gasteiger partial charge on any atom is 0.256 e. The van der Waals surface area contributed by atoms with Gasteiger partial charge in [-0.3, -0.25) is 14.7 Å². The quantitative estimate of drug-likeness (QED) is 0.532. The van der Waals surface area contributed by atoms with Gasteiger partial charge in [0.2, 0.25) is 0 Å². The van der Waals surface area contributed by atoms with E-state index in [9.17, 15) is 9.18 Å². The number of hydrogen-bond acceptors (Lipinski definition) is 4. The Hall–Kier alpha value is -2.77. The summed E-state index contributed by atoms with van der Waals surface area (Å²) in [7, 11) is 1.76. The lowest BCUT2D eigenvalue weighted by molar-refractivity contribution is 0.0754. The Bertz CT molecular complexity index is 1260. The molecule has 7 heteroatoms. The first kappa shape index (κ1) is 24.9. The standard InChI is InChI=1S/C29H38FN5O/c1-18(2)33(5)29(36)25-11-24(30)6-7-26(25)35-17-22(28-19(3)12-31-15-27(28)35)10-21-8-9-34(16-21)20(4)23-13-32-14-23/h6-7,11-12,15,17-18,20-21,23,32H,8-10,13-14,16H2,1-5H3/t20-,21+/m1/s1. The predicted molar refractivity (Wildman–Crippen MR) is 142 cm³/mol. The first-order valence-corrected chi connectivity index (χ1v) is 13.2. The summed E-state index contributed by atoms with van der Waals surface area (Å²) in [5, 5.41) is 4.60. The minimum atomic E-state index is -0.410. The van der Waals surface area contributed by atoms with Crippen LogP contribution in [0.5, 0.6) is 0 Å². The number of nitrogens with zero attached hydrogens (tertiary/aromatic N) is 4. The van der Waals surface area contributed by atoms with Gasteiger partial charge in [-0.15, -0.1) is 0 Å². The highest BCUT2D eigenvalue weighted by Crippen LogP contribution is 2.33. The first-order valence-electron chi connectivity index (χ1n) is 13.2. The topological polar surface area (TPSA) is 53.4 Å². The number of aryl methyl sites for hydroxylation is 1. The van der Waals surface area contributed by atoms with E-state index in [1.165, 1.54) is 29.5 Å². The number of aromatic nitrogens is 2. The molecule has 0 radical (unpaired) electrons. The maximum absolute atomic E-state index is 14.3. The summed E-state index contributed by atoms with van der Waals surface area (Å²) in [5.74, 6) is 0.757. The van der Waals surface area contributed by atoms with E-state index in [-0.39, 0.29) is 11.9 Å². The van der Waals surface area contributed by atoms with E-state index in [0.29, 0.717) is 23.2 Å². The summed E-state index contributed by atoms with van der Waals surface area (Å²) in [5.41, 5.74) is 4.42. The fourth-order valence-electron chi connectivity index (χ4n) is 5.77. The fraction of sp³-hybridized carbons (Fsp3) is 0.517. The fourth-order valence-corrected chi connectivity index (χ4v) is 5.77. The van der Waals surface area contributed by atoms with E-state index in [4.69, 9.17) is 0 Å². The molecular weight excluding hydrogens is 453 g/mol. The molecular formula is C29H38FN5O. The zero-order valence-corrected chi connectivity index (χ0v) is 22.1. The van der Waals surface area contributed by atoms with Crippen LogP contribution in [0.15, 0.2) is 36.8 Å². The monoisotopic (exact) mass is 491 g/mol. The van der Waals surface area contributed by atoms with Crippen molar-refractivity contribution in [3.8, 4) is 5.69 Å². The van der Waals surface area contributed by atoms with E-state index in [1.807, 2.05) is 30.8 Å². The van der Waals surface area contributed by atoms with Crippen molar-refractivity contribution in [2.24, 2.45) is 11.8 Å². The smallest absolute Gasteiger partial charge is 0.256 e. The Kier molecular flexibility index (Phi) is 6.88. The van der Waals surface area contributed by atoms with Crippen molar-refractivity contribution in [3.63, 3.8) is 0 Å². The van der Waals surface area contributed by atoms with E-state index < -0.39 is 5.82 Å². The third kappa shape index (κ3) is 4.55. The summed E-state index contributed by atoms with van der Waals surface area (Å²) < 4.78 is 16.4. The molecule has 2 atom stereocenters. The molecule has 2 fully saturated rings. The van der Waals surface area contributed by atoms with Crippen molar-refractivity contribution in [2.45, 2.75) is 52.6 Å². The molecule has 3 aromatic rings. The van der Waals surface area contributed by atoms with Gasteiger partial charge >= 0.3 is 0 Å². The van der Waals surface area contributed by atoms with E-state index in [2.05, 4.69) is 35.2 Å². The minimum Gasteiger partial charge on any atom is -0.339 e. The molecule has 0 bridgehead atoms. The third-order valence-corrected chi connectivity index (χ3v) is 8.42. The highest BCUT2D eigenvalue weighted by Gasteiger charge is 2.33. The molecule has 5 rings (SSSR count). The lowest BCUT2D eigenvalue weighted by Crippen LogP contribution is -2.53. The second-order valence-electron chi connectivity index (χ2n) is 11.1. The van der Waals surface area contributed by atoms with E-state index in [0.717, 1.165) is 49.6 Å². The molecule has 6 nitrogen and oxygen atoms in total. The molecule has 2 aromatic heterocycles. The van der Waals surface area contributed by atoms with Crippen LogP contribution >= 0.6 is 0 Å². The number of rotatable bonds is 7. The molecule has 2 saturated heterocycles. The average Bonchev–Trinajstić information content (AvgIpc) is 3.43. The van der Waals surface area contributed by atoms with Gasteiger partial charge in [0, 0.05) is 56.5 Å². The van der Waals surface area contributed by atoms with Gasteiger partial charge in [0.25, 0.3) is 5.91 Å². The number of benzene rings is 1. The van der Waals surface area contributed by atoms with Crippen molar-refractivity contribution in [2.75, 3.05) is 33.2 Å². The Morgan fingerprint density at radius 3 is 2.72 bits per heavy atom. The number of nitrogens with one attached hydrogen (secondary N) is 1. The molecule has 2 aliphatic rings. The van der Waals surface area contributed by atoms with Crippen LogP contribution in [0.25, 0.3) is 16.6 Å². The number of hydrogen-bond donors (Lipinski definition) is 1. The van der Waals surface area contributed by atoms with Gasteiger partial charge in [-0.05, 0) is 88.2 Å². The predicted octanol–water partition coefficient (Wildman–Crippen LogP) is 4.43. The number of amides is 1. The Morgan fingerprint density at radius 1 is 1.25 bits per heavy atom. The summed E-state index contributed by atoms with van der Waals surface area (Å²) >= 11 is 0. The van der Waals surface area contributed by atoms with Crippen LogP contribution in [0.1, 0.15) is 48.7 Å². The largest absolute Gasteiger partial charge is 0.339 e. The van der Waals surface area contributed by atoms with Gasteiger partial charge in [0.15, 0.2) is 0 Å². The van der Waals surface area contributed by atoms with Gasteiger partial charge in [-0.1, -0.05) is 0 Å². The zero-order chi connectivity index (χ0) is 25.6. The van der Waals surface area contributed by atoms with Crippen LogP contribution in [0.4, 0.5) is 4.39 Å². The van der Waals surface area contributed by atoms with Crippen LogP contribution in [-0.4, -0.2) is 70.6 Å². The van der Waals surface area contributed by atoms with Crippen LogP contribution in [0, 0.1) is 24.6 Å². The summed E-state index contributed by atoms with van der Waals surface area (Å²) in [6, 6.07) is 5.14. The lowest BCUT2D eigenvalue weighted by atomic mass is 9.94. The number of likely N-dealkylation sites (tertiary alicyclic amines) is 1. The van der Waals surface area contributed by atoms with Gasteiger partial charge in [0.05, 0.1) is 23.0 Å². The van der Waals surface area contributed by atoms with Crippen LogP contribution in [0.3, 0.4) is 0 Å². The second kappa shape index (κ2) is 9.94.